The average molecular weight is 444 g/mol. The summed E-state index contributed by atoms with van der Waals surface area (Å²) in [6.07, 6.45) is 5.92. The molecule has 0 saturated heterocycles. The molecular formula is C21H24Cl2FNO2S. The molecular weight excluding hydrogens is 420 g/mol. The lowest BCUT2D eigenvalue weighted by Crippen LogP contribution is -2.28. The van der Waals surface area contributed by atoms with Crippen LogP contribution in [0.1, 0.15) is 44.6 Å². The topological polar surface area (TPSA) is 46.2 Å². The van der Waals surface area contributed by atoms with Gasteiger partial charge in [-0.2, -0.15) is 0 Å². The van der Waals surface area contributed by atoms with E-state index in [0.29, 0.717) is 16.5 Å². The fraction of sp³-hybridized carbons (Fsp3) is 0.429. The van der Waals surface area contributed by atoms with E-state index in [1.807, 2.05) is 6.92 Å². The van der Waals surface area contributed by atoms with Crippen molar-refractivity contribution in [2.24, 2.45) is 5.92 Å². The summed E-state index contributed by atoms with van der Waals surface area (Å²) in [7, 11) is -3.62. The molecule has 0 spiro atoms. The Kier molecular flexibility index (Phi) is 6.89. The highest BCUT2D eigenvalue weighted by Crippen LogP contribution is 2.33. The second kappa shape index (κ2) is 9.02. The summed E-state index contributed by atoms with van der Waals surface area (Å²) in [5.74, 6) is -0.366. The molecule has 3 rings (SSSR count). The Hall–Kier alpha value is -1.30. The second-order valence-corrected chi connectivity index (χ2v) is 10.3. The maximum Gasteiger partial charge on any atom is 0.182 e. The quantitative estimate of drug-likeness (QED) is 0.554. The number of hydrogen-bond acceptors (Lipinski definition) is 3. The Morgan fingerprint density at radius 2 is 1.75 bits per heavy atom. The first-order chi connectivity index (χ1) is 13.3. The van der Waals surface area contributed by atoms with E-state index < -0.39 is 15.7 Å². The molecule has 7 heteroatoms. The van der Waals surface area contributed by atoms with E-state index >= 15 is 0 Å². The highest BCUT2D eigenvalue weighted by molar-refractivity contribution is 7.90. The van der Waals surface area contributed by atoms with Crippen LogP contribution in [0.25, 0.3) is 0 Å². The summed E-state index contributed by atoms with van der Waals surface area (Å²) in [4.78, 5) is 0.140. The molecule has 0 unspecified atom stereocenters. The van der Waals surface area contributed by atoms with Crippen molar-refractivity contribution in [3.63, 3.8) is 0 Å². The van der Waals surface area contributed by atoms with Crippen LogP contribution >= 0.6 is 23.2 Å². The van der Waals surface area contributed by atoms with Crippen LogP contribution in [-0.2, 0) is 15.6 Å². The Bertz CT molecular complexity index is 903. The van der Waals surface area contributed by atoms with Gasteiger partial charge in [-0.05, 0) is 67.6 Å². The largest absolute Gasteiger partial charge is 0.379 e. The Labute approximate surface area is 176 Å². The summed E-state index contributed by atoms with van der Waals surface area (Å²) < 4.78 is 39.9. The third-order valence-electron chi connectivity index (χ3n) is 5.36. The summed E-state index contributed by atoms with van der Waals surface area (Å²) >= 11 is 12.1. The van der Waals surface area contributed by atoms with Crippen molar-refractivity contribution in [2.75, 3.05) is 5.32 Å². The van der Waals surface area contributed by atoms with E-state index in [1.165, 1.54) is 55.7 Å². The van der Waals surface area contributed by atoms with Gasteiger partial charge in [0.25, 0.3) is 0 Å². The highest BCUT2D eigenvalue weighted by Gasteiger charge is 2.23. The minimum Gasteiger partial charge on any atom is -0.379 e. The molecule has 1 atom stereocenters. The third kappa shape index (κ3) is 5.19. The number of halogens is 3. The molecule has 0 heterocycles. The predicted octanol–water partition coefficient (Wildman–Crippen LogP) is 6.49. The van der Waals surface area contributed by atoms with Crippen LogP contribution in [0.15, 0.2) is 41.3 Å². The SMILES string of the molecule is C[C@@H](Nc1c(F)cc(CS(=O)(=O)c2ccc(Cl)cc2)cc1Cl)C1CCCCC1. The molecule has 0 aliphatic heterocycles. The van der Waals surface area contributed by atoms with Gasteiger partial charge in [-0.25, -0.2) is 12.8 Å². The zero-order chi connectivity index (χ0) is 20.3. The number of benzene rings is 2. The van der Waals surface area contributed by atoms with E-state index in [4.69, 9.17) is 23.2 Å². The Morgan fingerprint density at radius 1 is 1.11 bits per heavy atom. The lowest BCUT2D eigenvalue weighted by Gasteiger charge is -2.29. The maximum atomic E-state index is 14.7. The van der Waals surface area contributed by atoms with Gasteiger partial charge in [0.15, 0.2) is 9.84 Å². The van der Waals surface area contributed by atoms with Crippen LogP contribution < -0.4 is 5.32 Å². The normalized spacial score (nSPS) is 16.7. The minimum atomic E-state index is -3.62. The molecule has 3 nitrogen and oxygen atoms in total. The van der Waals surface area contributed by atoms with E-state index in [0.717, 1.165) is 12.8 Å². The molecule has 0 amide bonds. The molecule has 0 aromatic heterocycles. The number of nitrogens with one attached hydrogen (secondary N) is 1. The van der Waals surface area contributed by atoms with Gasteiger partial charge in [-0.1, -0.05) is 42.5 Å². The van der Waals surface area contributed by atoms with E-state index in [2.05, 4.69) is 5.32 Å². The van der Waals surface area contributed by atoms with Gasteiger partial charge in [0.1, 0.15) is 5.82 Å². The summed E-state index contributed by atoms with van der Waals surface area (Å²) in [5, 5.41) is 3.86. The van der Waals surface area contributed by atoms with Crippen molar-refractivity contribution in [3.8, 4) is 0 Å². The number of rotatable bonds is 6. The molecule has 1 aliphatic carbocycles. The zero-order valence-electron chi connectivity index (χ0n) is 15.7. The monoisotopic (exact) mass is 443 g/mol. The van der Waals surface area contributed by atoms with Gasteiger partial charge < -0.3 is 5.32 Å². The second-order valence-electron chi connectivity index (χ2n) is 7.48. The summed E-state index contributed by atoms with van der Waals surface area (Å²) in [6, 6.07) is 8.79. The molecule has 1 aliphatic rings. The van der Waals surface area contributed by atoms with Crippen LogP contribution in [0.4, 0.5) is 10.1 Å². The summed E-state index contributed by atoms with van der Waals surface area (Å²) in [5.41, 5.74) is 0.556. The van der Waals surface area contributed by atoms with Gasteiger partial charge in [0.05, 0.1) is 21.4 Å². The van der Waals surface area contributed by atoms with Crippen LogP contribution in [-0.4, -0.2) is 14.5 Å². The molecule has 0 bridgehead atoms. The van der Waals surface area contributed by atoms with Crippen molar-refractivity contribution in [2.45, 2.75) is 55.7 Å². The van der Waals surface area contributed by atoms with Crippen molar-refractivity contribution in [1.29, 1.82) is 0 Å². The summed E-state index contributed by atoms with van der Waals surface area (Å²) in [6.45, 7) is 2.05. The molecule has 28 heavy (non-hydrogen) atoms. The molecule has 0 radical (unpaired) electrons. The molecule has 1 fully saturated rings. The smallest absolute Gasteiger partial charge is 0.182 e. The molecule has 1 saturated carbocycles. The molecule has 2 aromatic rings. The Balaban J connectivity index is 1.76. The number of sulfone groups is 1. The van der Waals surface area contributed by atoms with Gasteiger partial charge in [-0.3, -0.25) is 0 Å². The lowest BCUT2D eigenvalue weighted by molar-refractivity contribution is 0.328. The van der Waals surface area contributed by atoms with Crippen molar-refractivity contribution in [1.82, 2.24) is 0 Å². The van der Waals surface area contributed by atoms with Gasteiger partial charge in [0.2, 0.25) is 0 Å². The van der Waals surface area contributed by atoms with Crippen molar-refractivity contribution >= 4 is 38.7 Å². The van der Waals surface area contributed by atoms with Crippen LogP contribution in [0, 0.1) is 11.7 Å². The Morgan fingerprint density at radius 3 is 2.36 bits per heavy atom. The van der Waals surface area contributed by atoms with E-state index in [9.17, 15) is 12.8 Å². The van der Waals surface area contributed by atoms with Gasteiger partial charge in [0, 0.05) is 11.1 Å². The van der Waals surface area contributed by atoms with Crippen LogP contribution in [0.3, 0.4) is 0 Å². The highest BCUT2D eigenvalue weighted by atomic mass is 35.5. The van der Waals surface area contributed by atoms with Gasteiger partial charge in [-0.15, -0.1) is 0 Å². The van der Waals surface area contributed by atoms with Crippen molar-refractivity contribution < 1.29 is 12.8 Å². The van der Waals surface area contributed by atoms with E-state index in [1.54, 1.807) is 0 Å². The molecule has 1 N–H and O–H groups in total. The predicted molar refractivity (Wildman–Crippen MR) is 113 cm³/mol. The first-order valence-corrected chi connectivity index (χ1v) is 11.9. The molecule has 2 aromatic carbocycles. The molecule has 152 valence electrons. The minimum absolute atomic E-state index is 0.107. The number of hydrogen-bond donors (Lipinski definition) is 1. The maximum absolute atomic E-state index is 14.7. The van der Waals surface area contributed by atoms with E-state index in [-0.39, 0.29) is 27.4 Å². The standard InChI is InChI=1S/C21H24Cl2FNO2S/c1-14(16-5-3-2-4-6-16)25-21-19(23)11-15(12-20(21)24)13-28(26,27)18-9-7-17(22)8-10-18/h7-12,14,16,25H,2-6,13H2,1H3/t14-/m1/s1. The fourth-order valence-corrected chi connectivity index (χ4v) is 5.51. The third-order valence-corrected chi connectivity index (χ3v) is 7.61. The van der Waals surface area contributed by atoms with Crippen LogP contribution in [0.5, 0.6) is 0 Å². The number of anilines is 1. The van der Waals surface area contributed by atoms with Crippen molar-refractivity contribution in [3.05, 3.63) is 57.8 Å². The van der Waals surface area contributed by atoms with Crippen LogP contribution in [0.2, 0.25) is 10.0 Å². The zero-order valence-corrected chi connectivity index (χ0v) is 18.0. The average Bonchev–Trinajstić information content (AvgIpc) is 2.65. The lowest BCUT2D eigenvalue weighted by atomic mass is 9.84. The first kappa shape index (κ1) is 21.4. The fourth-order valence-electron chi connectivity index (χ4n) is 3.77. The first-order valence-electron chi connectivity index (χ1n) is 9.49. The van der Waals surface area contributed by atoms with Gasteiger partial charge >= 0.3 is 0 Å².